The number of Topliss-reactive ketones (excluding diaryl/α,β-unsaturated/α-hetero) is 1. The summed E-state index contributed by atoms with van der Waals surface area (Å²) in [6.07, 6.45) is 6.19. The van der Waals surface area contributed by atoms with Crippen LogP contribution in [0.5, 0.6) is 0 Å². The molecular weight excluding hydrogens is 310 g/mol. The highest BCUT2D eigenvalue weighted by Crippen LogP contribution is 2.46. The molecule has 5 heteroatoms. The summed E-state index contributed by atoms with van der Waals surface area (Å²) in [6, 6.07) is 6.60. The number of rotatable bonds is 3. The fraction of sp³-hybridized carbons (Fsp3) is 0.500. The van der Waals surface area contributed by atoms with E-state index < -0.39 is 10.0 Å². The lowest BCUT2D eigenvalue weighted by Gasteiger charge is -2.35. The van der Waals surface area contributed by atoms with Crippen LogP contribution in [-0.4, -0.2) is 30.6 Å². The Labute approximate surface area is 137 Å². The summed E-state index contributed by atoms with van der Waals surface area (Å²) < 4.78 is 27.8. The first kappa shape index (κ1) is 15.1. The van der Waals surface area contributed by atoms with Crippen LogP contribution in [0.4, 0.5) is 0 Å². The minimum absolute atomic E-state index is 0.0484. The van der Waals surface area contributed by atoms with Crippen molar-refractivity contribution in [1.29, 1.82) is 0 Å². The Morgan fingerprint density at radius 1 is 1.00 bits per heavy atom. The van der Waals surface area contributed by atoms with Crippen molar-refractivity contribution in [3.8, 4) is 0 Å². The van der Waals surface area contributed by atoms with Crippen LogP contribution in [0.1, 0.15) is 55.8 Å². The van der Waals surface area contributed by atoms with E-state index in [4.69, 9.17) is 0 Å². The highest BCUT2D eigenvalue weighted by atomic mass is 32.2. The molecule has 3 aliphatic rings. The van der Waals surface area contributed by atoms with Gasteiger partial charge in [0, 0.05) is 17.6 Å². The second-order valence-corrected chi connectivity index (χ2v) is 8.76. The van der Waals surface area contributed by atoms with Gasteiger partial charge in [-0.15, -0.1) is 0 Å². The SMILES string of the molecule is CC(=O)c1ccc(S(=O)(=O)N2C3CCC2CC(=C2CC2)C3)cc1. The summed E-state index contributed by atoms with van der Waals surface area (Å²) in [5.74, 6) is -0.0484. The summed E-state index contributed by atoms with van der Waals surface area (Å²) in [5.41, 5.74) is 3.65. The van der Waals surface area contributed by atoms with Crippen molar-refractivity contribution >= 4 is 15.8 Å². The van der Waals surface area contributed by atoms with Crippen molar-refractivity contribution < 1.29 is 13.2 Å². The second-order valence-electron chi connectivity index (χ2n) is 6.92. The first-order chi connectivity index (χ1) is 11.0. The summed E-state index contributed by atoms with van der Waals surface area (Å²) >= 11 is 0. The Hall–Kier alpha value is -1.46. The summed E-state index contributed by atoms with van der Waals surface area (Å²) in [7, 11) is -3.47. The predicted octanol–water partition coefficient (Wildman–Crippen LogP) is 3.30. The standard InChI is InChI=1S/C18H21NO3S/c1-12(20)13-4-8-18(9-5-13)23(21,22)19-16-6-7-17(19)11-15(10-16)14-2-3-14/h4-5,8-9,16-17H,2-3,6-7,10-11H2,1H3. The van der Waals surface area contributed by atoms with Crippen molar-refractivity contribution in [3.63, 3.8) is 0 Å². The molecule has 3 fully saturated rings. The molecule has 2 atom stereocenters. The molecule has 4 rings (SSSR count). The molecule has 0 aromatic heterocycles. The number of hydrogen-bond acceptors (Lipinski definition) is 3. The van der Waals surface area contributed by atoms with Gasteiger partial charge in [-0.25, -0.2) is 8.42 Å². The van der Waals surface area contributed by atoms with Crippen LogP contribution in [0.25, 0.3) is 0 Å². The lowest BCUT2D eigenvalue weighted by Crippen LogP contribution is -2.44. The van der Waals surface area contributed by atoms with Crippen LogP contribution < -0.4 is 0 Å². The molecule has 4 nitrogen and oxygen atoms in total. The van der Waals surface area contributed by atoms with Gasteiger partial charge in [0.15, 0.2) is 5.78 Å². The molecule has 23 heavy (non-hydrogen) atoms. The molecule has 1 aromatic carbocycles. The van der Waals surface area contributed by atoms with Gasteiger partial charge in [0.2, 0.25) is 10.0 Å². The Kier molecular flexibility index (Phi) is 3.46. The zero-order valence-electron chi connectivity index (χ0n) is 13.3. The van der Waals surface area contributed by atoms with Crippen molar-refractivity contribution in [2.45, 2.75) is 62.4 Å². The monoisotopic (exact) mass is 331 g/mol. The van der Waals surface area contributed by atoms with E-state index in [-0.39, 0.29) is 17.9 Å². The number of sulfonamides is 1. The number of nitrogens with zero attached hydrogens (tertiary/aromatic N) is 1. The molecule has 0 N–H and O–H groups in total. The molecule has 0 spiro atoms. The Bertz CT molecular complexity index is 770. The van der Waals surface area contributed by atoms with E-state index in [0.29, 0.717) is 10.5 Å². The number of hydrogen-bond donors (Lipinski definition) is 0. The minimum Gasteiger partial charge on any atom is -0.295 e. The van der Waals surface area contributed by atoms with Gasteiger partial charge in [0.25, 0.3) is 0 Å². The van der Waals surface area contributed by atoms with Gasteiger partial charge in [-0.2, -0.15) is 4.31 Å². The molecule has 122 valence electrons. The fourth-order valence-corrected chi connectivity index (χ4v) is 5.92. The van der Waals surface area contributed by atoms with Gasteiger partial charge < -0.3 is 0 Å². The molecule has 1 aliphatic carbocycles. The van der Waals surface area contributed by atoms with Crippen LogP contribution in [0.2, 0.25) is 0 Å². The zero-order valence-corrected chi connectivity index (χ0v) is 14.1. The van der Waals surface area contributed by atoms with Crippen LogP contribution in [-0.2, 0) is 10.0 Å². The van der Waals surface area contributed by atoms with Crippen LogP contribution >= 0.6 is 0 Å². The van der Waals surface area contributed by atoms with Crippen LogP contribution in [0, 0.1) is 0 Å². The maximum Gasteiger partial charge on any atom is 0.243 e. The van der Waals surface area contributed by atoms with Crippen molar-refractivity contribution in [1.82, 2.24) is 4.31 Å². The molecule has 2 bridgehead atoms. The number of carbonyl (C=O) groups is 1. The molecular formula is C18H21NO3S. The largest absolute Gasteiger partial charge is 0.295 e. The lowest BCUT2D eigenvalue weighted by atomic mass is 9.98. The summed E-state index contributed by atoms with van der Waals surface area (Å²) in [4.78, 5) is 11.7. The number of piperidine rings is 1. The van der Waals surface area contributed by atoms with E-state index in [1.165, 1.54) is 25.3 Å². The topological polar surface area (TPSA) is 54.5 Å². The number of fused-ring (bicyclic) bond motifs is 2. The summed E-state index contributed by atoms with van der Waals surface area (Å²) in [6.45, 7) is 1.49. The predicted molar refractivity (Wildman–Crippen MR) is 87.8 cm³/mol. The molecule has 2 heterocycles. The third-order valence-electron chi connectivity index (χ3n) is 5.35. The van der Waals surface area contributed by atoms with Gasteiger partial charge >= 0.3 is 0 Å². The minimum atomic E-state index is -3.47. The van der Waals surface area contributed by atoms with Crippen LogP contribution in [0.15, 0.2) is 40.3 Å². The first-order valence-corrected chi connectivity index (χ1v) is 9.75. The smallest absolute Gasteiger partial charge is 0.243 e. The number of benzene rings is 1. The van der Waals surface area contributed by atoms with Crippen LogP contribution in [0.3, 0.4) is 0 Å². The molecule has 2 aliphatic heterocycles. The van der Waals surface area contributed by atoms with Gasteiger partial charge in [0.05, 0.1) is 4.90 Å². The molecule has 1 aromatic rings. The molecule has 2 unspecified atom stereocenters. The second kappa shape index (κ2) is 5.28. The molecule has 0 radical (unpaired) electrons. The van der Waals surface area contributed by atoms with Gasteiger partial charge in [-0.3, -0.25) is 4.79 Å². The maximum atomic E-state index is 13.0. The van der Waals surface area contributed by atoms with E-state index in [0.717, 1.165) is 25.7 Å². The summed E-state index contributed by atoms with van der Waals surface area (Å²) in [5, 5.41) is 0. The normalized spacial score (nSPS) is 27.3. The Morgan fingerprint density at radius 3 is 2.04 bits per heavy atom. The number of carbonyl (C=O) groups excluding carboxylic acids is 1. The highest BCUT2D eigenvalue weighted by Gasteiger charge is 2.46. The van der Waals surface area contributed by atoms with Crippen molar-refractivity contribution in [2.75, 3.05) is 0 Å². The molecule has 2 saturated heterocycles. The molecule has 0 amide bonds. The van der Waals surface area contributed by atoms with E-state index in [2.05, 4.69) is 0 Å². The third-order valence-corrected chi connectivity index (χ3v) is 7.37. The van der Waals surface area contributed by atoms with Gasteiger partial charge in [-0.1, -0.05) is 23.3 Å². The van der Waals surface area contributed by atoms with Gasteiger partial charge in [-0.05, 0) is 57.6 Å². The number of ketones is 1. The lowest BCUT2D eigenvalue weighted by molar-refractivity contribution is 0.101. The first-order valence-electron chi connectivity index (χ1n) is 8.31. The molecule has 1 saturated carbocycles. The third kappa shape index (κ3) is 2.56. The van der Waals surface area contributed by atoms with Gasteiger partial charge in [0.1, 0.15) is 0 Å². The average molecular weight is 331 g/mol. The zero-order chi connectivity index (χ0) is 16.2. The number of allylic oxidation sites excluding steroid dienone is 1. The van der Waals surface area contributed by atoms with Crippen molar-refractivity contribution in [2.24, 2.45) is 0 Å². The maximum absolute atomic E-state index is 13.0. The van der Waals surface area contributed by atoms with E-state index in [9.17, 15) is 13.2 Å². The van der Waals surface area contributed by atoms with E-state index >= 15 is 0 Å². The quantitative estimate of drug-likeness (QED) is 0.631. The highest BCUT2D eigenvalue weighted by molar-refractivity contribution is 7.89. The van der Waals surface area contributed by atoms with E-state index in [1.54, 1.807) is 34.1 Å². The Balaban J connectivity index is 1.64. The fourth-order valence-electron chi connectivity index (χ4n) is 4.05. The van der Waals surface area contributed by atoms with E-state index in [1.807, 2.05) is 0 Å². The Morgan fingerprint density at radius 2 is 1.57 bits per heavy atom. The van der Waals surface area contributed by atoms with Crippen molar-refractivity contribution in [3.05, 3.63) is 41.0 Å². The average Bonchev–Trinajstić information content (AvgIpc) is 3.33.